The third-order valence-corrected chi connectivity index (χ3v) is 8.89. The summed E-state index contributed by atoms with van der Waals surface area (Å²) in [6, 6.07) is 33.9. The molecule has 2 saturated heterocycles. The molecular weight excluding hydrogens is 598 g/mol. The van der Waals surface area contributed by atoms with E-state index >= 15 is 0 Å². The number of carbonyl (C=O) groups is 4. The van der Waals surface area contributed by atoms with Gasteiger partial charge in [0.05, 0.1) is 19.1 Å². The van der Waals surface area contributed by atoms with Crippen molar-refractivity contribution in [1.82, 2.24) is 4.90 Å². The third-order valence-electron chi connectivity index (χ3n) is 8.89. The first-order valence-corrected chi connectivity index (χ1v) is 15.5. The molecule has 47 heavy (non-hydrogen) atoms. The number of hydrogen-bond donors (Lipinski definition) is 0. The normalized spacial score (nSPS) is 21.5. The van der Waals surface area contributed by atoms with Crippen molar-refractivity contribution in [1.29, 1.82) is 0 Å². The van der Waals surface area contributed by atoms with E-state index in [4.69, 9.17) is 18.9 Å². The molecule has 2 heterocycles. The number of methoxy groups -OCH3 is 1. The summed E-state index contributed by atoms with van der Waals surface area (Å²) in [6.45, 7) is 0.217. The molecule has 4 aromatic carbocycles. The van der Waals surface area contributed by atoms with Gasteiger partial charge in [0.1, 0.15) is 31.5 Å². The van der Waals surface area contributed by atoms with Crippen molar-refractivity contribution < 1.29 is 38.1 Å². The maximum absolute atomic E-state index is 14.2. The van der Waals surface area contributed by atoms with Gasteiger partial charge in [-0.25, -0.2) is 4.79 Å². The Morgan fingerprint density at radius 1 is 0.702 bits per heavy atom. The minimum absolute atomic E-state index is 0.00187. The number of fused-ring (bicyclic) bond motifs is 1. The van der Waals surface area contributed by atoms with Gasteiger partial charge in [0.15, 0.2) is 5.54 Å². The van der Waals surface area contributed by atoms with Gasteiger partial charge in [-0.3, -0.25) is 14.4 Å². The molecule has 0 spiro atoms. The molecule has 0 saturated carbocycles. The van der Waals surface area contributed by atoms with Gasteiger partial charge in [0.25, 0.3) is 0 Å². The van der Waals surface area contributed by atoms with E-state index in [1.807, 2.05) is 78.9 Å². The molecule has 2 aliphatic rings. The molecule has 6 rings (SSSR count). The highest BCUT2D eigenvalue weighted by molar-refractivity contribution is 6.00. The van der Waals surface area contributed by atoms with Crippen LogP contribution in [0.4, 0.5) is 0 Å². The summed E-state index contributed by atoms with van der Waals surface area (Å²) in [4.78, 5) is 57.1. The van der Waals surface area contributed by atoms with Crippen LogP contribution in [-0.2, 0) is 53.2 Å². The van der Waals surface area contributed by atoms with Crippen molar-refractivity contribution >= 4 is 23.8 Å². The van der Waals surface area contributed by atoms with E-state index in [1.54, 1.807) is 36.4 Å². The van der Waals surface area contributed by atoms with E-state index in [2.05, 4.69) is 0 Å². The fraction of sp³-hybridized carbons (Fsp3) is 0.263. The maximum atomic E-state index is 14.2. The van der Waals surface area contributed by atoms with Crippen molar-refractivity contribution in [3.63, 3.8) is 0 Å². The fourth-order valence-electron chi connectivity index (χ4n) is 6.72. The highest BCUT2D eigenvalue weighted by atomic mass is 16.5. The molecule has 2 aliphatic heterocycles. The molecule has 0 bridgehead atoms. The second kappa shape index (κ2) is 13.9. The van der Waals surface area contributed by atoms with Gasteiger partial charge in [-0.15, -0.1) is 0 Å². The average Bonchev–Trinajstić information content (AvgIpc) is 3.63. The number of amides is 1. The zero-order valence-electron chi connectivity index (χ0n) is 26.0. The number of benzene rings is 4. The van der Waals surface area contributed by atoms with Gasteiger partial charge in [0.2, 0.25) is 5.91 Å². The molecule has 0 unspecified atom stereocenters. The number of ether oxygens (including phenoxy) is 4. The first-order valence-electron chi connectivity index (χ1n) is 15.5. The Labute approximate surface area is 273 Å². The number of hydrogen-bond acceptors (Lipinski definition) is 8. The van der Waals surface area contributed by atoms with E-state index in [-0.39, 0.29) is 32.0 Å². The van der Waals surface area contributed by atoms with E-state index in [0.717, 1.165) is 16.7 Å². The Balaban J connectivity index is 1.37. The average molecular weight is 634 g/mol. The lowest BCUT2D eigenvalue weighted by molar-refractivity contribution is -0.170. The van der Waals surface area contributed by atoms with Crippen LogP contribution in [0.5, 0.6) is 5.75 Å². The Morgan fingerprint density at radius 3 is 1.74 bits per heavy atom. The summed E-state index contributed by atoms with van der Waals surface area (Å²) in [5.41, 5.74) is 1.26. The van der Waals surface area contributed by atoms with Crippen LogP contribution in [0.3, 0.4) is 0 Å². The first-order chi connectivity index (χ1) is 22.9. The monoisotopic (exact) mass is 633 g/mol. The van der Waals surface area contributed by atoms with Crippen molar-refractivity contribution in [3.05, 3.63) is 138 Å². The number of nitrogens with zero attached hydrogens (tertiary/aromatic N) is 1. The molecule has 9 heteroatoms. The molecule has 240 valence electrons. The van der Waals surface area contributed by atoms with Crippen LogP contribution in [0.25, 0.3) is 0 Å². The second-order valence-electron chi connectivity index (χ2n) is 11.7. The lowest BCUT2D eigenvalue weighted by Gasteiger charge is -2.34. The summed E-state index contributed by atoms with van der Waals surface area (Å²) < 4.78 is 22.8. The van der Waals surface area contributed by atoms with Crippen molar-refractivity contribution in [2.45, 2.75) is 44.2 Å². The lowest BCUT2D eigenvalue weighted by Crippen LogP contribution is -2.55. The molecular formula is C38H35NO8. The SMILES string of the molecule is COC(=O)[C@@]12CCC(=O)N1[C@@H](c1ccc(OCc3ccccc3)cc1)[C@@H](C(=O)OCc1ccccc1)[C@H]2C(=O)OCc1ccccc1. The van der Waals surface area contributed by atoms with Crippen LogP contribution >= 0.6 is 0 Å². The summed E-state index contributed by atoms with van der Waals surface area (Å²) in [5.74, 6) is -4.74. The number of esters is 3. The molecule has 1 amide bonds. The van der Waals surface area contributed by atoms with E-state index in [0.29, 0.717) is 17.9 Å². The summed E-state index contributed by atoms with van der Waals surface area (Å²) in [5, 5.41) is 0. The maximum Gasteiger partial charge on any atom is 0.332 e. The molecule has 0 aromatic heterocycles. The van der Waals surface area contributed by atoms with Gasteiger partial charge in [-0.1, -0.05) is 103 Å². The Bertz CT molecular complexity index is 1710. The summed E-state index contributed by atoms with van der Waals surface area (Å²) in [6.07, 6.45) is -0.0149. The first kappa shape index (κ1) is 31.5. The smallest absolute Gasteiger partial charge is 0.332 e. The van der Waals surface area contributed by atoms with Gasteiger partial charge >= 0.3 is 17.9 Å². The van der Waals surface area contributed by atoms with Crippen LogP contribution in [0, 0.1) is 11.8 Å². The predicted molar refractivity (Wildman–Crippen MR) is 170 cm³/mol. The molecule has 4 atom stereocenters. The molecule has 0 radical (unpaired) electrons. The van der Waals surface area contributed by atoms with Gasteiger partial charge in [0, 0.05) is 6.42 Å². The zero-order valence-corrected chi connectivity index (χ0v) is 26.0. The fourth-order valence-corrected chi connectivity index (χ4v) is 6.72. The quantitative estimate of drug-likeness (QED) is 0.156. The second-order valence-corrected chi connectivity index (χ2v) is 11.7. The largest absolute Gasteiger partial charge is 0.489 e. The zero-order chi connectivity index (χ0) is 32.8. The Hall–Kier alpha value is -5.44. The molecule has 4 aromatic rings. The molecule has 9 nitrogen and oxygen atoms in total. The minimum Gasteiger partial charge on any atom is -0.489 e. The highest BCUT2D eigenvalue weighted by Crippen LogP contribution is 2.57. The highest BCUT2D eigenvalue weighted by Gasteiger charge is 2.72. The number of carbonyl (C=O) groups excluding carboxylic acids is 4. The standard InChI is InChI=1S/C38H35NO8/c1-44-37(43)38-22-21-31(40)39(38)34(29-17-19-30(20-18-29)45-23-26-11-5-2-6-12-26)32(35(41)46-24-27-13-7-3-8-14-27)33(38)36(42)47-25-28-15-9-4-10-16-28/h2-20,32-34H,21-25H2,1H3/t32-,33-,34-,38-/m0/s1. The number of rotatable bonds is 11. The van der Waals surface area contributed by atoms with Crippen molar-refractivity contribution in [2.75, 3.05) is 7.11 Å². The molecule has 0 aliphatic carbocycles. The Morgan fingerprint density at radius 2 is 1.21 bits per heavy atom. The third kappa shape index (κ3) is 6.34. The summed E-state index contributed by atoms with van der Waals surface area (Å²) >= 11 is 0. The van der Waals surface area contributed by atoms with Gasteiger partial charge in [-0.05, 0) is 40.8 Å². The van der Waals surface area contributed by atoms with Crippen molar-refractivity contribution in [3.8, 4) is 5.75 Å². The summed E-state index contributed by atoms with van der Waals surface area (Å²) in [7, 11) is 1.21. The molecule has 2 fully saturated rings. The van der Waals surface area contributed by atoms with E-state index in [1.165, 1.54) is 12.0 Å². The predicted octanol–water partition coefficient (Wildman–Crippen LogP) is 5.57. The van der Waals surface area contributed by atoms with Crippen LogP contribution in [-0.4, -0.2) is 41.4 Å². The molecule has 0 N–H and O–H groups in total. The van der Waals surface area contributed by atoms with Crippen LogP contribution in [0.2, 0.25) is 0 Å². The van der Waals surface area contributed by atoms with Crippen LogP contribution < -0.4 is 4.74 Å². The van der Waals surface area contributed by atoms with E-state index in [9.17, 15) is 19.2 Å². The van der Waals surface area contributed by atoms with E-state index < -0.39 is 41.3 Å². The lowest BCUT2D eigenvalue weighted by atomic mass is 9.76. The Kier molecular flexibility index (Phi) is 9.33. The van der Waals surface area contributed by atoms with Crippen molar-refractivity contribution in [2.24, 2.45) is 11.8 Å². The van der Waals surface area contributed by atoms with Crippen LogP contribution in [0.15, 0.2) is 115 Å². The minimum atomic E-state index is -1.76. The van der Waals surface area contributed by atoms with Gasteiger partial charge < -0.3 is 23.8 Å². The topological polar surface area (TPSA) is 108 Å². The van der Waals surface area contributed by atoms with Gasteiger partial charge in [-0.2, -0.15) is 0 Å². The van der Waals surface area contributed by atoms with Crippen LogP contribution in [0.1, 0.15) is 41.1 Å².